The largest absolute Gasteiger partial charge is 0.480 e. The molecule has 6 rings (SSSR count). The highest BCUT2D eigenvalue weighted by molar-refractivity contribution is 5.76. The van der Waals surface area contributed by atoms with E-state index in [2.05, 4.69) is 25.8 Å². The fraction of sp³-hybridized carbons (Fsp3) is 0.690. The summed E-state index contributed by atoms with van der Waals surface area (Å²) in [6, 6.07) is 10.2. The van der Waals surface area contributed by atoms with Crippen LogP contribution in [0.25, 0.3) is 11.0 Å². The van der Waals surface area contributed by atoms with Crippen molar-refractivity contribution in [3.05, 3.63) is 34.6 Å². The van der Waals surface area contributed by atoms with Gasteiger partial charge in [-0.25, -0.2) is 4.98 Å². The van der Waals surface area contributed by atoms with Crippen LogP contribution in [-0.4, -0.2) is 69.3 Å². The quantitative estimate of drug-likeness (QED) is 0.612. The van der Waals surface area contributed by atoms with Crippen LogP contribution < -0.4 is 15.8 Å². The minimum atomic E-state index is -0.856. The van der Waals surface area contributed by atoms with Crippen LogP contribution in [0.15, 0.2) is 29.1 Å². The molecule has 200 valence electrons. The number of rotatable bonds is 6. The zero-order valence-electron chi connectivity index (χ0n) is 21.9. The summed E-state index contributed by atoms with van der Waals surface area (Å²) in [5.74, 6) is -0.335. The number of fused-ring (bicyclic) bond motifs is 3. The number of carboxylic acids is 1. The average Bonchev–Trinajstić information content (AvgIpc) is 3.44. The van der Waals surface area contributed by atoms with Gasteiger partial charge in [0.1, 0.15) is 0 Å². The van der Waals surface area contributed by atoms with E-state index in [-0.39, 0.29) is 24.2 Å². The normalized spacial score (nSPS) is 29.5. The lowest BCUT2D eigenvalue weighted by atomic mass is 9.89. The summed E-state index contributed by atoms with van der Waals surface area (Å²) in [5.41, 5.74) is 1.83. The average molecular weight is 508 g/mol. The Morgan fingerprint density at radius 3 is 2.35 bits per heavy atom. The van der Waals surface area contributed by atoms with Gasteiger partial charge in [-0.05, 0) is 57.1 Å². The molecule has 2 N–H and O–H groups in total. The SMILES string of the molecule is O=C(O)CN[C@H]1CCN(c2nc3ccccc3n(C3C[C@H]4CC[C@@H](C3)N4C3CCCCCCC3)c2=O)C1. The number of aromatic nitrogens is 2. The minimum Gasteiger partial charge on any atom is -0.480 e. The lowest BCUT2D eigenvalue weighted by Gasteiger charge is -2.45. The molecule has 8 heteroatoms. The lowest BCUT2D eigenvalue weighted by molar-refractivity contribution is -0.136. The molecular formula is C29H41N5O3. The predicted molar refractivity (Wildman–Crippen MR) is 145 cm³/mol. The Hall–Kier alpha value is -2.45. The van der Waals surface area contributed by atoms with E-state index in [9.17, 15) is 9.59 Å². The van der Waals surface area contributed by atoms with Crippen molar-refractivity contribution in [2.45, 2.75) is 107 Å². The van der Waals surface area contributed by atoms with Gasteiger partial charge < -0.3 is 19.9 Å². The van der Waals surface area contributed by atoms with Crippen molar-refractivity contribution in [3.8, 4) is 0 Å². The van der Waals surface area contributed by atoms with Gasteiger partial charge in [-0.2, -0.15) is 0 Å². The van der Waals surface area contributed by atoms with Crippen LogP contribution in [0.3, 0.4) is 0 Å². The van der Waals surface area contributed by atoms with E-state index in [1.165, 1.54) is 57.8 Å². The molecule has 0 radical (unpaired) electrons. The fourth-order valence-corrected chi connectivity index (χ4v) is 7.79. The molecule has 2 aromatic rings. The van der Waals surface area contributed by atoms with Gasteiger partial charge >= 0.3 is 5.97 Å². The van der Waals surface area contributed by atoms with Gasteiger partial charge in [0.05, 0.1) is 17.6 Å². The molecule has 1 aliphatic carbocycles. The number of carbonyl (C=O) groups is 1. The van der Waals surface area contributed by atoms with Gasteiger partial charge in [-0.15, -0.1) is 0 Å². The Kier molecular flexibility index (Phi) is 7.21. The van der Waals surface area contributed by atoms with E-state index < -0.39 is 5.97 Å². The highest BCUT2D eigenvalue weighted by atomic mass is 16.4. The molecule has 4 atom stereocenters. The zero-order chi connectivity index (χ0) is 25.4. The Morgan fingerprint density at radius 1 is 0.919 bits per heavy atom. The second-order valence-electron chi connectivity index (χ2n) is 11.8. The van der Waals surface area contributed by atoms with E-state index >= 15 is 0 Å². The molecule has 1 aromatic heterocycles. The molecule has 2 bridgehead atoms. The number of aliphatic carboxylic acids is 1. The van der Waals surface area contributed by atoms with E-state index in [4.69, 9.17) is 10.1 Å². The first kappa shape index (κ1) is 24.9. The van der Waals surface area contributed by atoms with E-state index in [1.54, 1.807) is 0 Å². The molecule has 3 saturated heterocycles. The number of nitrogens with one attached hydrogen (secondary N) is 1. The molecule has 4 fully saturated rings. The van der Waals surface area contributed by atoms with Gasteiger partial charge in [0.15, 0.2) is 5.82 Å². The Morgan fingerprint density at radius 2 is 1.62 bits per heavy atom. The lowest BCUT2D eigenvalue weighted by Crippen LogP contribution is -2.50. The van der Waals surface area contributed by atoms with Crippen LogP contribution in [0.1, 0.15) is 83.1 Å². The Balaban J connectivity index is 1.27. The first-order valence-electron chi connectivity index (χ1n) is 14.6. The summed E-state index contributed by atoms with van der Waals surface area (Å²) in [4.78, 5) is 34.9. The summed E-state index contributed by atoms with van der Waals surface area (Å²) in [6.07, 6.45) is 15.0. The van der Waals surface area contributed by atoms with Gasteiger partial charge in [-0.3, -0.25) is 14.5 Å². The van der Waals surface area contributed by atoms with Crippen LogP contribution in [0.2, 0.25) is 0 Å². The Bertz CT molecular complexity index is 1160. The maximum atomic E-state index is 14.1. The zero-order valence-corrected chi connectivity index (χ0v) is 21.9. The van der Waals surface area contributed by atoms with Crippen molar-refractivity contribution in [2.75, 3.05) is 24.5 Å². The highest BCUT2D eigenvalue weighted by Crippen LogP contribution is 2.44. The third-order valence-electron chi connectivity index (χ3n) is 9.43. The van der Waals surface area contributed by atoms with Gasteiger partial charge in [0.2, 0.25) is 0 Å². The van der Waals surface area contributed by atoms with E-state index in [0.717, 1.165) is 36.3 Å². The highest BCUT2D eigenvalue weighted by Gasteiger charge is 2.44. The standard InChI is InChI=1S/C29H41N5O3/c35-27(36)18-30-20-14-15-32(19-20)28-29(37)34(26-11-7-6-10-25(26)31-28)24-16-22-12-13-23(17-24)33(22)21-8-4-2-1-3-5-9-21/h6-7,10-11,20-24,30H,1-5,8-9,12-19H2,(H,35,36)/t20-,22-,23+,24?/m0/s1. The minimum absolute atomic E-state index is 0.0152. The van der Waals surface area contributed by atoms with Crippen molar-refractivity contribution in [3.63, 3.8) is 0 Å². The number of nitrogens with zero attached hydrogens (tertiary/aromatic N) is 4. The molecule has 3 aliphatic heterocycles. The summed E-state index contributed by atoms with van der Waals surface area (Å²) in [6.45, 7) is 1.26. The number of para-hydroxylation sites is 2. The summed E-state index contributed by atoms with van der Waals surface area (Å²) >= 11 is 0. The topological polar surface area (TPSA) is 90.7 Å². The van der Waals surface area contributed by atoms with Crippen molar-refractivity contribution >= 4 is 22.8 Å². The van der Waals surface area contributed by atoms with Crippen molar-refractivity contribution in [2.24, 2.45) is 0 Å². The molecular weight excluding hydrogens is 466 g/mol. The maximum absolute atomic E-state index is 14.1. The van der Waals surface area contributed by atoms with Crippen molar-refractivity contribution < 1.29 is 9.90 Å². The fourth-order valence-electron chi connectivity index (χ4n) is 7.79. The molecule has 0 amide bonds. The first-order valence-corrected chi connectivity index (χ1v) is 14.6. The molecule has 1 saturated carbocycles. The molecule has 4 aliphatic rings. The number of benzene rings is 1. The maximum Gasteiger partial charge on any atom is 0.317 e. The number of anilines is 1. The first-order chi connectivity index (χ1) is 18.1. The Labute approximate surface area is 219 Å². The predicted octanol–water partition coefficient (Wildman–Crippen LogP) is 3.93. The number of hydrogen-bond donors (Lipinski definition) is 2. The molecule has 0 spiro atoms. The van der Waals surface area contributed by atoms with Gasteiger partial charge in [0.25, 0.3) is 5.56 Å². The number of hydrogen-bond acceptors (Lipinski definition) is 6. The smallest absolute Gasteiger partial charge is 0.317 e. The number of carboxylic acid groups (broad SMARTS) is 1. The summed E-state index contributed by atoms with van der Waals surface area (Å²) < 4.78 is 2.08. The van der Waals surface area contributed by atoms with Crippen LogP contribution in [0.4, 0.5) is 5.82 Å². The summed E-state index contributed by atoms with van der Waals surface area (Å²) in [5, 5.41) is 12.1. The van der Waals surface area contributed by atoms with Crippen LogP contribution >= 0.6 is 0 Å². The third kappa shape index (κ3) is 5.02. The van der Waals surface area contributed by atoms with Gasteiger partial charge in [0, 0.05) is 43.3 Å². The van der Waals surface area contributed by atoms with E-state index in [1.807, 2.05) is 18.2 Å². The monoisotopic (exact) mass is 507 g/mol. The molecule has 4 heterocycles. The van der Waals surface area contributed by atoms with E-state index in [0.29, 0.717) is 31.0 Å². The van der Waals surface area contributed by atoms with Crippen LogP contribution in [0.5, 0.6) is 0 Å². The van der Waals surface area contributed by atoms with Crippen molar-refractivity contribution in [1.29, 1.82) is 0 Å². The third-order valence-corrected chi connectivity index (χ3v) is 9.43. The molecule has 1 aromatic carbocycles. The molecule has 37 heavy (non-hydrogen) atoms. The van der Waals surface area contributed by atoms with Crippen LogP contribution in [0, 0.1) is 0 Å². The number of piperidine rings is 1. The van der Waals surface area contributed by atoms with Crippen molar-refractivity contribution in [1.82, 2.24) is 19.8 Å². The van der Waals surface area contributed by atoms with Gasteiger partial charge in [-0.1, -0.05) is 44.2 Å². The molecule has 1 unspecified atom stereocenters. The van der Waals surface area contributed by atoms with Crippen LogP contribution in [-0.2, 0) is 4.79 Å². The molecule has 8 nitrogen and oxygen atoms in total. The summed E-state index contributed by atoms with van der Waals surface area (Å²) in [7, 11) is 0. The second kappa shape index (κ2) is 10.7. The second-order valence-corrected chi connectivity index (χ2v) is 11.8.